The van der Waals surface area contributed by atoms with Gasteiger partial charge in [0, 0.05) is 13.0 Å². The summed E-state index contributed by atoms with van der Waals surface area (Å²) in [6.07, 6.45) is 3.84. The normalized spacial score (nSPS) is 11.4. The third-order valence-corrected chi connectivity index (χ3v) is 3.52. The highest BCUT2D eigenvalue weighted by atomic mass is 32.2. The van der Waals surface area contributed by atoms with Crippen molar-refractivity contribution in [2.24, 2.45) is 5.84 Å². The molecule has 2 heterocycles. The van der Waals surface area contributed by atoms with Crippen molar-refractivity contribution in [1.82, 2.24) is 24.8 Å². The van der Waals surface area contributed by atoms with E-state index in [0.717, 1.165) is 12.4 Å². The maximum atomic E-state index is 11.9. The second-order valence-electron chi connectivity index (χ2n) is 3.37. The van der Waals surface area contributed by atoms with Crippen LogP contribution in [-0.2, 0) is 16.4 Å². The summed E-state index contributed by atoms with van der Waals surface area (Å²) in [5.41, 5.74) is 2.20. The largest absolute Gasteiger partial charge is 0.340 e. The Morgan fingerprint density at radius 2 is 2.00 bits per heavy atom. The highest BCUT2D eigenvalue weighted by Gasteiger charge is 2.15. The lowest BCUT2D eigenvalue weighted by molar-refractivity contribution is 0.377. The quantitative estimate of drug-likeness (QED) is 0.433. The van der Waals surface area contributed by atoms with Gasteiger partial charge in [0.1, 0.15) is 4.90 Å². The first-order valence-corrected chi connectivity index (χ1v) is 6.64. The van der Waals surface area contributed by atoms with Gasteiger partial charge in [0.15, 0.2) is 6.33 Å². The number of hydrogen-bond acceptors (Lipinski definition) is 9. The average Bonchev–Trinajstić information content (AvgIpc) is 2.92. The molecule has 2 rings (SSSR count). The number of anilines is 1. The molecule has 2 aromatic heterocycles. The Bertz CT molecular complexity index is 610. The zero-order valence-corrected chi connectivity index (χ0v) is 10.5. The molecule has 19 heavy (non-hydrogen) atoms. The molecule has 0 unspecified atom stereocenters. The molecule has 0 atom stereocenters. The number of hydrogen-bond donors (Lipinski definition) is 3. The molecule has 10 nitrogen and oxygen atoms in total. The Morgan fingerprint density at radius 3 is 2.58 bits per heavy atom. The molecule has 2 aromatic rings. The molecule has 0 saturated carbocycles. The van der Waals surface area contributed by atoms with Gasteiger partial charge in [-0.2, -0.15) is 4.98 Å². The first-order chi connectivity index (χ1) is 9.12. The van der Waals surface area contributed by atoms with E-state index in [1.54, 1.807) is 0 Å². The zero-order chi connectivity index (χ0) is 13.7. The smallest absolute Gasteiger partial charge is 0.243 e. The molecular weight excluding hydrogens is 274 g/mol. The van der Waals surface area contributed by atoms with Crippen LogP contribution in [0.25, 0.3) is 0 Å². The van der Waals surface area contributed by atoms with Crippen molar-refractivity contribution in [1.29, 1.82) is 0 Å². The van der Waals surface area contributed by atoms with Crippen molar-refractivity contribution < 1.29 is 12.9 Å². The van der Waals surface area contributed by atoms with Gasteiger partial charge in [-0.15, -0.1) is 0 Å². The summed E-state index contributed by atoms with van der Waals surface area (Å²) in [6, 6.07) is 0. The molecule has 0 fully saturated rings. The lowest BCUT2D eigenvalue weighted by Crippen LogP contribution is -2.26. The van der Waals surface area contributed by atoms with Gasteiger partial charge in [-0.25, -0.2) is 29.0 Å². The Morgan fingerprint density at radius 1 is 1.26 bits per heavy atom. The minimum Gasteiger partial charge on any atom is -0.340 e. The maximum Gasteiger partial charge on any atom is 0.243 e. The van der Waals surface area contributed by atoms with Crippen LogP contribution in [0.2, 0.25) is 0 Å². The molecule has 0 radical (unpaired) electrons. The molecule has 4 N–H and O–H groups in total. The Kier molecular flexibility index (Phi) is 3.99. The topological polar surface area (TPSA) is 149 Å². The number of nitrogens with zero attached hydrogens (tertiary/aromatic N) is 4. The van der Waals surface area contributed by atoms with Crippen LogP contribution >= 0.6 is 0 Å². The van der Waals surface area contributed by atoms with E-state index < -0.39 is 10.0 Å². The van der Waals surface area contributed by atoms with Crippen LogP contribution in [0.4, 0.5) is 5.95 Å². The summed E-state index contributed by atoms with van der Waals surface area (Å²) in [7, 11) is -3.67. The number of aromatic nitrogens is 4. The van der Waals surface area contributed by atoms with E-state index in [0.29, 0.717) is 12.3 Å². The minimum atomic E-state index is -3.67. The fourth-order valence-electron chi connectivity index (χ4n) is 1.21. The van der Waals surface area contributed by atoms with E-state index in [9.17, 15) is 8.42 Å². The van der Waals surface area contributed by atoms with Crippen LogP contribution < -0.4 is 16.0 Å². The third kappa shape index (κ3) is 3.43. The van der Waals surface area contributed by atoms with Crippen LogP contribution in [0.3, 0.4) is 0 Å². The lowest BCUT2D eigenvalue weighted by atomic mass is 10.4. The van der Waals surface area contributed by atoms with E-state index >= 15 is 0 Å². The van der Waals surface area contributed by atoms with Crippen molar-refractivity contribution in [2.45, 2.75) is 11.3 Å². The van der Waals surface area contributed by atoms with E-state index in [-0.39, 0.29) is 17.4 Å². The van der Waals surface area contributed by atoms with Gasteiger partial charge >= 0.3 is 0 Å². The van der Waals surface area contributed by atoms with Gasteiger partial charge in [-0.05, 0) is 0 Å². The lowest BCUT2D eigenvalue weighted by Gasteiger charge is -2.05. The van der Waals surface area contributed by atoms with Crippen LogP contribution in [0.1, 0.15) is 5.89 Å². The molecule has 11 heteroatoms. The van der Waals surface area contributed by atoms with Gasteiger partial charge < -0.3 is 4.52 Å². The summed E-state index contributed by atoms with van der Waals surface area (Å²) < 4.78 is 30.8. The molecule has 102 valence electrons. The minimum absolute atomic E-state index is 0.0583. The molecule has 0 amide bonds. The molecule has 0 aliphatic rings. The third-order valence-electron chi connectivity index (χ3n) is 2.11. The average molecular weight is 285 g/mol. The second-order valence-corrected chi connectivity index (χ2v) is 5.14. The van der Waals surface area contributed by atoms with Crippen molar-refractivity contribution in [3.05, 3.63) is 24.6 Å². The summed E-state index contributed by atoms with van der Waals surface area (Å²) >= 11 is 0. The van der Waals surface area contributed by atoms with Gasteiger partial charge in [-0.1, -0.05) is 5.16 Å². The van der Waals surface area contributed by atoms with E-state index in [4.69, 9.17) is 10.4 Å². The molecular formula is C8H11N7O3S. The Labute approximate surface area is 108 Å². The predicted molar refractivity (Wildman–Crippen MR) is 63.0 cm³/mol. The number of rotatable bonds is 6. The Balaban J connectivity index is 1.97. The predicted octanol–water partition coefficient (Wildman–Crippen LogP) is -1.33. The number of nitrogens with one attached hydrogen (secondary N) is 2. The van der Waals surface area contributed by atoms with Gasteiger partial charge in [-0.3, -0.25) is 5.43 Å². The SMILES string of the molecule is NNc1ncc(S(=O)(=O)NCCc2ncno2)cn1. The molecule has 0 spiro atoms. The van der Waals surface area contributed by atoms with E-state index in [1.807, 2.05) is 0 Å². The van der Waals surface area contributed by atoms with Crippen molar-refractivity contribution >= 4 is 16.0 Å². The van der Waals surface area contributed by atoms with Crippen LogP contribution in [0.15, 0.2) is 28.1 Å². The highest BCUT2D eigenvalue weighted by molar-refractivity contribution is 7.89. The first kappa shape index (κ1) is 13.3. The molecule has 0 bridgehead atoms. The van der Waals surface area contributed by atoms with Crippen molar-refractivity contribution in [2.75, 3.05) is 12.0 Å². The number of nitrogen functional groups attached to an aromatic ring is 1. The fourth-order valence-corrected chi connectivity index (χ4v) is 2.13. The van der Waals surface area contributed by atoms with E-state index in [1.165, 1.54) is 6.33 Å². The Hall–Kier alpha value is -2.11. The summed E-state index contributed by atoms with van der Waals surface area (Å²) in [4.78, 5) is 11.1. The molecule has 0 aliphatic carbocycles. The monoisotopic (exact) mass is 285 g/mol. The number of sulfonamides is 1. The highest BCUT2D eigenvalue weighted by Crippen LogP contribution is 2.06. The van der Waals surface area contributed by atoms with Crippen LogP contribution in [-0.4, -0.2) is 35.1 Å². The first-order valence-electron chi connectivity index (χ1n) is 5.16. The van der Waals surface area contributed by atoms with Crippen molar-refractivity contribution in [3.8, 4) is 0 Å². The van der Waals surface area contributed by atoms with Gasteiger partial charge in [0.05, 0.1) is 12.4 Å². The van der Waals surface area contributed by atoms with Gasteiger partial charge in [0.2, 0.25) is 21.9 Å². The molecule has 0 aliphatic heterocycles. The number of nitrogens with two attached hydrogens (primary N) is 1. The standard InChI is InChI=1S/C8H11N7O3S/c9-15-8-10-3-6(4-11-8)19(16,17)14-2-1-7-12-5-13-18-7/h3-5,14H,1-2,9H2,(H,10,11,15). The van der Waals surface area contributed by atoms with Crippen LogP contribution in [0, 0.1) is 0 Å². The summed E-state index contributed by atoms with van der Waals surface area (Å²) in [6.45, 7) is 0.126. The van der Waals surface area contributed by atoms with E-state index in [2.05, 4.69) is 30.3 Å². The second kappa shape index (κ2) is 5.69. The molecule has 0 aromatic carbocycles. The number of hydrazine groups is 1. The summed E-state index contributed by atoms with van der Waals surface area (Å²) in [5, 5.41) is 3.41. The van der Waals surface area contributed by atoms with Crippen molar-refractivity contribution in [3.63, 3.8) is 0 Å². The van der Waals surface area contributed by atoms with Crippen LogP contribution in [0.5, 0.6) is 0 Å². The fraction of sp³-hybridized carbons (Fsp3) is 0.250. The molecule has 0 saturated heterocycles. The summed E-state index contributed by atoms with van der Waals surface area (Å²) in [5.74, 6) is 5.56. The maximum absolute atomic E-state index is 11.9. The van der Waals surface area contributed by atoms with Gasteiger partial charge in [0.25, 0.3) is 0 Å². The zero-order valence-electron chi connectivity index (χ0n) is 9.65.